The Kier molecular flexibility index (Phi) is 9.53. The maximum absolute atomic E-state index is 11.5. The van der Waals surface area contributed by atoms with Gasteiger partial charge in [0.15, 0.2) is 12.2 Å². The minimum Gasteiger partial charge on any atom is -0.463 e. The molecule has 0 aromatic carbocycles. The normalized spacial score (nSPS) is 17.5. The summed E-state index contributed by atoms with van der Waals surface area (Å²) in [6, 6.07) is 0. The van der Waals surface area contributed by atoms with Crippen LogP contribution in [0.2, 0.25) is 0 Å². The van der Waals surface area contributed by atoms with E-state index in [-0.39, 0.29) is 6.61 Å². The molecular weight excluding hydrogens is 316 g/mol. The van der Waals surface area contributed by atoms with E-state index in [1.807, 2.05) is 0 Å². The van der Waals surface area contributed by atoms with Crippen LogP contribution in [-0.2, 0) is 28.6 Å². The second-order valence-electron chi connectivity index (χ2n) is 4.63. The van der Waals surface area contributed by atoms with Crippen molar-refractivity contribution in [3.8, 4) is 0 Å². The van der Waals surface area contributed by atoms with Crippen molar-refractivity contribution in [1.82, 2.24) is 0 Å². The highest BCUT2D eigenvalue weighted by Crippen LogP contribution is 2.08. The lowest BCUT2D eigenvalue weighted by Crippen LogP contribution is -2.50. The van der Waals surface area contributed by atoms with Crippen molar-refractivity contribution in [2.24, 2.45) is 0 Å². The Labute approximate surface area is 132 Å². The van der Waals surface area contributed by atoms with Crippen molar-refractivity contribution in [1.29, 1.82) is 0 Å². The molecule has 134 valence electrons. The molecule has 0 rings (SSSR count). The average Bonchev–Trinajstić information content (AvgIpc) is 2.50. The molecule has 5 atom stereocenters. The van der Waals surface area contributed by atoms with E-state index in [1.54, 1.807) is 6.92 Å². The summed E-state index contributed by atoms with van der Waals surface area (Å²) in [5.74, 6) is -3.34. The Balaban J connectivity index is 4.55. The first-order chi connectivity index (χ1) is 10.6. The first-order valence-electron chi connectivity index (χ1n) is 6.84. The van der Waals surface area contributed by atoms with Crippen molar-refractivity contribution in [3.63, 3.8) is 0 Å². The first kappa shape index (κ1) is 21.4. The lowest BCUT2D eigenvalue weighted by Gasteiger charge is -2.25. The largest absolute Gasteiger partial charge is 0.463 e. The zero-order valence-corrected chi connectivity index (χ0v) is 13.0. The molecular formula is C13H22O10. The van der Waals surface area contributed by atoms with Crippen LogP contribution in [0.5, 0.6) is 0 Å². The number of aliphatic hydroxyl groups excluding tert-OH is 4. The molecule has 4 N–H and O–H groups in total. The van der Waals surface area contributed by atoms with Crippen LogP contribution in [0.25, 0.3) is 0 Å². The summed E-state index contributed by atoms with van der Waals surface area (Å²) >= 11 is 0. The van der Waals surface area contributed by atoms with Crippen LogP contribution in [0.4, 0.5) is 0 Å². The van der Waals surface area contributed by atoms with Crippen molar-refractivity contribution in [3.05, 3.63) is 0 Å². The molecule has 0 amide bonds. The third-order valence-corrected chi connectivity index (χ3v) is 2.72. The minimum atomic E-state index is -2.30. The Bertz CT molecular complexity index is 410. The van der Waals surface area contributed by atoms with E-state index in [9.17, 15) is 34.8 Å². The van der Waals surface area contributed by atoms with Gasteiger partial charge in [-0.15, -0.1) is 0 Å². The smallest absolute Gasteiger partial charge is 0.345 e. The highest BCUT2D eigenvalue weighted by Gasteiger charge is 2.37. The molecule has 0 heterocycles. The van der Waals surface area contributed by atoms with Crippen LogP contribution in [0.15, 0.2) is 0 Å². The minimum absolute atomic E-state index is 0.191. The van der Waals surface area contributed by atoms with E-state index in [4.69, 9.17) is 4.74 Å². The van der Waals surface area contributed by atoms with Gasteiger partial charge in [0.1, 0.15) is 24.9 Å². The van der Waals surface area contributed by atoms with Gasteiger partial charge in [0.05, 0.1) is 0 Å². The monoisotopic (exact) mass is 338 g/mol. The fourth-order valence-corrected chi connectivity index (χ4v) is 1.42. The summed E-state index contributed by atoms with van der Waals surface area (Å²) in [5.41, 5.74) is 0. The van der Waals surface area contributed by atoms with Crippen LogP contribution < -0.4 is 0 Å². The van der Waals surface area contributed by atoms with Gasteiger partial charge < -0.3 is 34.6 Å². The lowest BCUT2D eigenvalue weighted by atomic mass is 10.0. The van der Waals surface area contributed by atoms with Gasteiger partial charge in [0.25, 0.3) is 0 Å². The van der Waals surface area contributed by atoms with E-state index in [1.165, 1.54) is 6.92 Å². The summed E-state index contributed by atoms with van der Waals surface area (Å²) in [5, 5.41) is 38.2. The maximum Gasteiger partial charge on any atom is 0.345 e. The fraction of sp³-hybridized carbons (Fsp3) is 0.769. The molecule has 1 unspecified atom stereocenters. The number of carbonyl (C=O) groups is 3. The number of ether oxygens (including phenoxy) is 3. The summed E-state index contributed by atoms with van der Waals surface area (Å²) in [7, 11) is 0. The van der Waals surface area contributed by atoms with Gasteiger partial charge in [-0.3, -0.25) is 4.79 Å². The predicted octanol–water partition coefficient (Wildman–Crippen LogP) is -2.51. The van der Waals surface area contributed by atoms with Crippen LogP contribution in [0.1, 0.15) is 20.8 Å². The zero-order valence-electron chi connectivity index (χ0n) is 13.0. The number of hydrogen-bond acceptors (Lipinski definition) is 10. The third-order valence-electron chi connectivity index (χ3n) is 2.72. The van der Waals surface area contributed by atoms with E-state index < -0.39 is 55.0 Å². The van der Waals surface area contributed by atoms with Crippen molar-refractivity contribution in [2.45, 2.75) is 51.3 Å². The summed E-state index contributed by atoms with van der Waals surface area (Å²) in [6.07, 6.45) is -9.29. The van der Waals surface area contributed by atoms with Crippen LogP contribution in [0, 0.1) is 0 Å². The van der Waals surface area contributed by atoms with E-state index in [0.717, 1.165) is 6.92 Å². The fourth-order valence-electron chi connectivity index (χ4n) is 1.42. The second-order valence-corrected chi connectivity index (χ2v) is 4.63. The molecule has 0 spiro atoms. The molecule has 10 nitrogen and oxygen atoms in total. The standard InChI is InChI=1S/C13H22O10/c1-4-21-6(2)12(19)23-13(20)11(18)10(17)9(16)8(15)5-22-7(3)14/h6,8-11,15-18H,4-5H2,1-3H3/t6?,8-,9-,10+,11-/m1/s1. The lowest BCUT2D eigenvalue weighted by molar-refractivity contribution is -0.182. The van der Waals surface area contributed by atoms with Gasteiger partial charge >= 0.3 is 17.9 Å². The number of carbonyl (C=O) groups excluding carboxylic acids is 3. The predicted molar refractivity (Wildman–Crippen MR) is 72.8 cm³/mol. The highest BCUT2D eigenvalue weighted by molar-refractivity contribution is 5.90. The quantitative estimate of drug-likeness (QED) is 0.261. The molecule has 0 saturated heterocycles. The summed E-state index contributed by atoms with van der Waals surface area (Å²) < 4.78 is 13.6. The first-order valence-corrected chi connectivity index (χ1v) is 6.84. The van der Waals surface area contributed by atoms with Crippen LogP contribution in [-0.4, -0.2) is 82.1 Å². The third kappa shape index (κ3) is 7.48. The number of aliphatic hydroxyl groups is 4. The van der Waals surface area contributed by atoms with Gasteiger partial charge in [0.2, 0.25) is 0 Å². The van der Waals surface area contributed by atoms with Gasteiger partial charge in [-0.1, -0.05) is 0 Å². The number of hydrogen-bond donors (Lipinski definition) is 4. The summed E-state index contributed by atoms with van der Waals surface area (Å²) in [4.78, 5) is 33.5. The molecule has 0 aromatic heterocycles. The van der Waals surface area contributed by atoms with Crippen molar-refractivity contribution < 1.29 is 49.0 Å². The zero-order chi connectivity index (χ0) is 18.2. The molecule has 0 radical (unpaired) electrons. The molecule has 0 fully saturated rings. The highest BCUT2D eigenvalue weighted by atomic mass is 16.6. The van der Waals surface area contributed by atoms with Gasteiger partial charge in [-0.05, 0) is 13.8 Å². The Hall–Kier alpha value is -1.59. The van der Waals surface area contributed by atoms with Gasteiger partial charge in [-0.2, -0.15) is 0 Å². The van der Waals surface area contributed by atoms with Gasteiger partial charge in [0, 0.05) is 13.5 Å². The molecule has 23 heavy (non-hydrogen) atoms. The van der Waals surface area contributed by atoms with E-state index in [0.29, 0.717) is 0 Å². The molecule has 0 bridgehead atoms. The molecule has 0 aliphatic carbocycles. The Morgan fingerprint density at radius 3 is 2.04 bits per heavy atom. The topological polar surface area (TPSA) is 160 Å². The number of esters is 3. The number of rotatable bonds is 9. The van der Waals surface area contributed by atoms with E-state index >= 15 is 0 Å². The average molecular weight is 338 g/mol. The van der Waals surface area contributed by atoms with Crippen molar-refractivity contribution >= 4 is 17.9 Å². The second kappa shape index (κ2) is 10.2. The maximum atomic E-state index is 11.5. The summed E-state index contributed by atoms with van der Waals surface area (Å²) in [6.45, 7) is 3.53. The van der Waals surface area contributed by atoms with Crippen LogP contribution >= 0.6 is 0 Å². The SMILES string of the molecule is CCOC(C)C(=O)OC(=O)[C@H](O)[C@@H](O)[C@H](O)[C@H](O)COC(C)=O. The molecule has 0 saturated carbocycles. The Morgan fingerprint density at radius 2 is 1.57 bits per heavy atom. The molecule has 10 heteroatoms. The molecule has 0 aliphatic rings. The van der Waals surface area contributed by atoms with Gasteiger partial charge in [-0.25, -0.2) is 9.59 Å². The van der Waals surface area contributed by atoms with Crippen molar-refractivity contribution in [2.75, 3.05) is 13.2 Å². The van der Waals surface area contributed by atoms with E-state index in [2.05, 4.69) is 9.47 Å². The van der Waals surface area contributed by atoms with Crippen LogP contribution in [0.3, 0.4) is 0 Å². The Morgan fingerprint density at radius 1 is 1.00 bits per heavy atom. The molecule has 0 aromatic rings. The molecule has 0 aliphatic heterocycles.